The Bertz CT molecular complexity index is 537. The second-order valence-electron chi connectivity index (χ2n) is 6.03. The molecule has 1 atom stereocenters. The SMILES string of the molecule is CCC(C)CN1C(=O)C(C)(C)NC(=O)c2ccccc21. The molecule has 2 rings (SSSR count). The number of rotatable bonds is 3. The molecular weight excluding hydrogens is 252 g/mol. The molecule has 0 fully saturated rings. The van der Waals surface area contributed by atoms with E-state index in [1.807, 2.05) is 18.2 Å². The van der Waals surface area contributed by atoms with Crippen molar-refractivity contribution in [3.05, 3.63) is 29.8 Å². The van der Waals surface area contributed by atoms with Gasteiger partial charge in [0.05, 0.1) is 11.3 Å². The number of para-hydroxylation sites is 1. The molecule has 1 aromatic carbocycles. The van der Waals surface area contributed by atoms with Crippen LogP contribution in [0.1, 0.15) is 44.5 Å². The third kappa shape index (κ3) is 2.55. The van der Waals surface area contributed by atoms with E-state index in [9.17, 15) is 9.59 Å². The van der Waals surface area contributed by atoms with E-state index in [1.54, 1.807) is 24.8 Å². The topological polar surface area (TPSA) is 49.4 Å². The summed E-state index contributed by atoms with van der Waals surface area (Å²) >= 11 is 0. The lowest BCUT2D eigenvalue weighted by Gasteiger charge is -2.31. The molecule has 1 aromatic rings. The zero-order valence-corrected chi connectivity index (χ0v) is 12.6. The maximum Gasteiger partial charge on any atom is 0.254 e. The number of hydrogen-bond acceptors (Lipinski definition) is 2. The highest BCUT2D eigenvalue weighted by atomic mass is 16.2. The molecule has 0 aliphatic carbocycles. The zero-order valence-electron chi connectivity index (χ0n) is 12.6. The minimum atomic E-state index is -0.885. The van der Waals surface area contributed by atoms with E-state index in [2.05, 4.69) is 19.2 Å². The van der Waals surface area contributed by atoms with Crippen LogP contribution in [0, 0.1) is 5.92 Å². The van der Waals surface area contributed by atoms with E-state index in [-0.39, 0.29) is 11.8 Å². The second-order valence-corrected chi connectivity index (χ2v) is 6.03. The summed E-state index contributed by atoms with van der Waals surface area (Å²) in [6, 6.07) is 7.30. The fraction of sp³-hybridized carbons (Fsp3) is 0.500. The second kappa shape index (κ2) is 5.27. The van der Waals surface area contributed by atoms with Crippen LogP contribution in [0.15, 0.2) is 24.3 Å². The van der Waals surface area contributed by atoms with Crippen LogP contribution in [-0.2, 0) is 4.79 Å². The van der Waals surface area contributed by atoms with Crippen molar-refractivity contribution in [2.75, 3.05) is 11.4 Å². The van der Waals surface area contributed by atoms with Crippen LogP contribution in [0.2, 0.25) is 0 Å². The third-order valence-corrected chi connectivity index (χ3v) is 3.84. The van der Waals surface area contributed by atoms with Crippen molar-refractivity contribution in [3.63, 3.8) is 0 Å². The number of nitrogens with zero attached hydrogens (tertiary/aromatic N) is 1. The fourth-order valence-corrected chi connectivity index (χ4v) is 2.37. The molecule has 0 radical (unpaired) electrons. The Labute approximate surface area is 120 Å². The molecular formula is C16H22N2O2. The van der Waals surface area contributed by atoms with Crippen molar-refractivity contribution in [1.82, 2.24) is 5.32 Å². The smallest absolute Gasteiger partial charge is 0.254 e. The van der Waals surface area contributed by atoms with Crippen LogP contribution >= 0.6 is 0 Å². The van der Waals surface area contributed by atoms with Gasteiger partial charge in [-0.05, 0) is 31.9 Å². The van der Waals surface area contributed by atoms with Gasteiger partial charge in [-0.1, -0.05) is 32.4 Å². The highest BCUT2D eigenvalue weighted by molar-refractivity contribution is 6.12. The molecule has 0 saturated carbocycles. The quantitative estimate of drug-likeness (QED) is 0.921. The van der Waals surface area contributed by atoms with Gasteiger partial charge in [-0.15, -0.1) is 0 Å². The summed E-state index contributed by atoms with van der Waals surface area (Å²) in [6.07, 6.45) is 0.994. The van der Waals surface area contributed by atoms with Gasteiger partial charge in [0.15, 0.2) is 0 Å². The normalized spacial score (nSPS) is 19.1. The number of anilines is 1. The van der Waals surface area contributed by atoms with Crippen LogP contribution in [0.25, 0.3) is 0 Å². The largest absolute Gasteiger partial charge is 0.338 e. The number of fused-ring (bicyclic) bond motifs is 1. The maximum atomic E-state index is 12.7. The van der Waals surface area contributed by atoms with E-state index in [1.165, 1.54) is 0 Å². The Balaban J connectivity index is 2.51. The maximum absolute atomic E-state index is 12.7. The molecule has 20 heavy (non-hydrogen) atoms. The summed E-state index contributed by atoms with van der Waals surface area (Å²) < 4.78 is 0. The highest BCUT2D eigenvalue weighted by Crippen LogP contribution is 2.28. The van der Waals surface area contributed by atoms with E-state index < -0.39 is 5.54 Å². The van der Waals surface area contributed by atoms with Crippen molar-refractivity contribution >= 4 is 17.5 Å². The van der Waals surface area contributed by atoms with Crippen LogP contribution in [0.3, 0.4) is 0 Å². The Morgan fingerprint density at radius 1 is 1.25 bits per heavy atom. The molecule has 1 unspecified atom stereocenters. The van der Waals surface area contributed by atoms with E-state index in [4.69, 9.17) is 0 Å². The van der Waals surface area contributed by atoms with Crippen molar-refractivity contribution < 1.29 is 9.59 Å². The fourth-order valence-electron chi connectivity index (χ4n) is 2.37. The first kappa shape index (κ1) is 14.6. The first-order valence-electron chi connectivity index (χ1n) is 7.10. The highest BCUT2D eigenvalue weighted by Gasteiger charge is 2.39. The number of benzene rings is 1. The first-order valence-corrected chi connectivity index (χ1v) is 7.10. The lowest BCUT2D eigenvalue weighted by Crippen LogP contribution is -2.54. The molecule has 0 saturated heterocycles. The summed E-state index contributed by atoms with van der Waals surface area (Å²) in [4.78, 5) is 26.8. The number of carbonyl (C=O) groups is 2. The van der Waals surface area contributed by atoms with Gasteiger partial charge in [-0.3, -0.25) is 9.59 Å². The van der Waals surface area contributed by atoms with Gasteiger partial charge >= 0.3 is 0 Å². The summed E-state index contributed by atoms with van der Waals surface area (Å²) in [6.45, 7) is 8.35. The van der Waals surface area contributed by atoms with Crippen molar-refractivity contribution in [3.8, 4) is 0 Å². The van der Waals surface area contributed by atoms with Crippen LogP contribution in [0.5, 0.6) is 0 Å². The monoisotopic (exact) mass is 274 g/mol. The molecule has 0 spiro atoms. The van der Waals surface area contributed by atoms with Gasteiger partial charge in [0.25, 0.3) is 11.8 Å². The molecule has 108 valence electrons. The first-order chi connectivity index (χ1) is 9.36. The van der Waals surface area contributed by atoms with Crippen LogP contribution < -0.4 is 10.2 Å². The average Bonchev–Trinajstić information content (AvgIpc) is 2.48. The lowest BCUT2D eigenvalue weighted by molar-refractivity contribution is -0.123. The van der Waals surface area contributed by atoms with Crippen molar-refractivity contribution in [2.45, 2.75) is 39.7 Å². The summed E-state index contributed by atoms with van der Waals surface area (Å²) in [5, 5.41) is 2.82. The molecule has 2 amide bonds. The average molecular weight is 274 g/mol. The predicted octanol–water partition coefficient (Wildman–Crippen LogP) is 2.59. The van der Waals surface area contributed by atoms with Gasteiger partial charge in [0.1, 0.15) is 5.54 Å². The molecule has 4 heteroatoms. The minimum absolute atomic E-state index is 0.0592. The standard InChI is InChI=1S/C16H22N2O2/c1-5-11(2)10-18-13-9-7-6-8-12(13)14(19)17-16(3,4)15(18)20/h6-9,11H,5,10H2,1-4H3,(H,17,19). The summed E-state index contributed by atoms with van der Waals surface area (Å²) in [5.74, 6) is 0.137. The summed E-state index contributed by atoms with van der Waals surface area (Å²) in [7, 11) is 0. The van der Waals surface area contributed by atoms with Gasteiger partial charge in [0.2, 0.25) is 0 Å². The molecule has 0 aromatic heterocycles. The Hall–Kier alpha value is -1.84. The molecule has 1 aliphatic heterocycles. The molecule has 0 bridgehead atoms. The van der Waals surface area contributed by atoms with E-state index >= 15 is 0 Å². The predicted molar refractivity (Wildman–Crippen MR) is 79.8 cm³/mol. The Morgan fingerprint density at radius 3 is 2.55 bits per heavy atom. The van der Waals surface area contributed by atoms with E-state index in [0.717, 1.165) is 6.42 Å². The minimum Gasteiger partial charge on any atom is -0.338 e. The molecule has 4 nitrogen and oxygen atoms in total. The Kier molecular flexibility index (Phi) is 3.84. The van der Waals surface area contributed by atoms with Crippen molar-refractivity contribution in [1.29, 1.82) is 0 Å². The number of carbonyl (C=O) groups excluding carboxylic acids is 2. The van der Waals surface area contributed by atoms with Gasteiger partial charge in [-0.2, -0.15) is 0 Å². The van der Waals surface area contributed by atoms with Crippen molar-refractivity contribution in [2.24, 2.45) is 5.92 Å². The molecule has 1 heterocycles. The van der Waals surface area contributed by atoms with Gasteiger partial charge in [0, 0.05) is 6.54 Å². The lowest BCUT2D eigenvalue weighted by atomic mass is 10.0. The number of hydrogen-bond donors (Lipinski definition) is 1. The zero-order chi connectivity index (χ0) is 14.9. The number of nitrogens with one attached hydrogen (secondary N) is 1. The van der Waals surface area contributed by atoms with E-state index in [0.29, 0.717) is 23.7 Å². The number of amides is 2. The third-order valence-electron chi connectivity index (χ3n) is 3.84. The van der Waals surface area contributed by atoms with Gasteiger partial charge in [-0.25, -0.2) is 0 Å². The molecule has 1 N–H and O–H groups in total. The summed E-state index contributed by atoms with van der Waals surface area (Å²) in [5.41, 5.74) is 0.388. The Morgan fingerprint density at radius 2 is 1.90 bits per heavy atom. The van der Waals surface area contributed by atoms with Crippen LogP contribution in [0.4, 0.5) is 5.69 Å². The van der Waals surface area contributed by atoms with Gasteiger partial charge < -0.3 is 10.2 Å². The molecule has 1 aliphatic rings. The van der Waals surface area contributed by atoms with Crippen LogP contribution in [-0.4, -0.2) is 23.9 Å².